The zero-order chi connectivity index (χ0) is 34.5. The van der Waals surface area contributed by atoms with E-state index in [2.05, 4.69) is 25.7 Å². The summed E-state index contributed by atoms with van der Waals surface area (Å²) in [4.78, 5) is 47.1. The Bertz CT molecular complexity index is 1950. The number of Topliss-reactive ketones (excluding diaryl/α,β-unsaturated/α-hetero) is 2. The summed E-state index contributed by atoms with van der Waals surface area (Å²) in [5.74, 6) is -0.979. The summed E-state index contributed by atoms with van der Waals surface area (Å²) in [6, 6.07) is 20.8. The number of hydrazone groups is 1. The van der Waals surface area contributed by atoms with Gasteiger partial charge in [0.1, 0.15) is 0 Å². The Kier molecular flexibility index (Phi) is 13.5. The van der Waals surface area contributed by atoms with Crippen LogP contribution in [-0.4, -0.2) is 54.5 Å². The number of ether oxygens (including phenoxy) is 1. The number of benzene rings is 3. The number of anilines is 1. The van der Waals surface area contributed by atoms with Crippen LogP contribution in [0.5, 0.6) is 0 Å². The van der Waals surface area contributed by atoms with Crippen LogP contribution >= 0.6 is 34.8 Å². The van der Waals surface area contributed by atoms with E-state index in [1.807, 2.05) is 12.1 Å². The molecule has 5 rings (SSSR count). The van der Waals surface area contributed by atoms with Gasteiger partial charge in [0.05, 0.1) is 35.4 Å². The van der Waals surface area contributed by atoms with Crippen LogP contribution in [0.15, 0.2) is 95.1 Å². The van der Waals surface area contributed by atoms with Gasteiger partial charge in [-0.15, -0.1) is 5.10 Å². The molecular formula is C31H29Cl3N8O5. The molecule has 0 fully saturated rings. The molecule has 0 unspecified atom stereocenters. The Labute approximate surface area is 283 Å². The molecule has 2 heterocycles. The summed E-state index contributed by atoms with van der Waals surface area (Å²) in [7, 11) is 0. The monoisotopic (exact) mass is 698 g/mol. The van der Waals surface area contributed by atoms with E-state index in [0.29, 0.717) is 38.6 Å². The van der Waals surface area contributed by atoms with Crippen molar-refractivity contribution in [1.29, 1.82) is 0 Å². The number of rotatable bonds is 8. The summed E-state index contributed by atoms with van der Waals surface area (Å²) >= 11 is 17.4. The molecule has 0 radical (unpaired) electrons. The number of carbonyl (C=O) groups excluding carboxylic acids is 3. The normalized spacial score (nSPS) is 10.6. The number of H-pyrrole nitrogens is 1. The predicted molar refractivity (Wildman–Crippen MR) is 181 cm³/mol. The number of esters is 1. The van der Waals surface area contributed by atoms with Crippen LogP contribution in [0.2, 0.25) is 15.1 Å². The Morgan fingerprint density at radius 2 is 1.53 bits per heavy atom. The largest absolute Gasteiger partial charge is 0.462 e. The topological polar surface area (TPSA) is 179 Å². The molecule has 0 aliphatic heterocycles. The SMILES string of the molecule is CC(=O)C(N)=NNc1cccc(Cl)c1.CC(=O)c1nn(-c2cccc(Cl)c2)c(=O)[nH]1.CCOC(=O)c1cnn(-c2cccc(Cl)c2)c1. The van der Waals surface area contributed by atoms with E-state index in [-0.39, 0.29) is 29.2 Å². The Balaban J connectivity index is 0.000000193. The molecule has 0 saturated heterocycles. The zero-order valence-electron chi connectivity index (χ0n) is 25.3. The van der Waals surface area contributed by atoms with Gasteiger partial charge in [-0.25, -0.2) is 14.3 Å². The minimum Gasteiger partial charge on any atom is -0.462 e. The van der Waals surface area contributed by atoms with Gasteiger partial charge in [-0.1, -0.05) is 53.0 Å². The van der Waals surface area contributed by atoms with Gasteiger partial charge >= 0.3 is 11.7 Å². The van der Waals surface area contributed by atoms with Gasteiger partial charge in [-0.2, -0.15) is 14.9 Å². The van der Waals surface area contributed by atoms with Crippen molar-refractivity contribution in [2.24, 2.45) is 10.8 Å². The fourth-order valence-corrected chi connectivity index (χ4v) is 3.99. The quantitative estimate of drug-likeness (QED) is 0.0599. The molecule has 5 aromatic rings. The van der Waals surface area contributed by atoms with Crippen LogP contribution in [-0.2, 0) is 9.53 Å². The maximum Gasteiger partial charge on any atom is 0.348 e. The molecule has 0 spiro atoms. The summed E-state index contributed by atoms with van der Waals surface area (Å²) in [5.41, 5.74) is 9.89. The predicted octanol–water partition coefficient (Wildman–Crippen LogP) is 5.73. The van der Waals surface area contributed by atoms with Gasteiger partial charge in [-0.3, -0.25) is 20.0 Å². The van der Waals surface area contributed by atoms with E-state index in [0.717, 1.165) is 10.4 Å². The van der Waals surface area contributed by atoms with Crippen molar-refractivity contribution in [3.05, 3.63) is 122 Å². The lowest BCUT2D eigenvalue weighted by atomic mass is 10.3. The van der Waals surface area contributed by atoms with Crippen molar-refractivity contribution in [3.8, 4) is 11.4 Å². The van der Waals surface area contributed by atoms with Crippen LogP contribution < -0.4 is 16.8 Å². The number of hydrogen-bond acceptors (Lipinski definition) is 9. The lowest BCUT2D eigenvalue weighted by molar-refractivity contribution is -0.111. The van der Waals surface area contributed by atoms with Crippen LogP contribution in [0, 0.1) is 0 Å². The summed E-state index contributed by atoms with van der Waals surface area (Å²) < 4.78 is 7.56. The first-order valence-corrected chi connectivity index (χ1v) is 14.8. The van der Waals surface area contributed by atoms with Crippen molar-refractivity contribution in [3.63, 3.8) is 0 Å². The molecule has 47 heavy (non-hydrogen) atoms. The van der Waals surface area contributed by atoms with E-state index < -0.39 is 5.69 Å². The number of nitrogens with two attached hydrogens (primary N) is 1. The maximum atomic E-state index is 11.5. The lowest BCUT2D eigenvalue weighted by Gasteiger charge is -2.00. The molecule has 0 atom stereocenters. The standard InChI is InChI=1S/C12H11ClN2O2.C10H8ClN3O2.C9H10ClN3O/c1-2-17-12(16)9-7-14-15(8-9)11-5-3-4-10(13)6-11;1-6(15)9-12-10(16)14(13-9)8-4-2-3-7(11)5-8;1-6(14)9(11)13-12-8-4-2-3-7(10)5-8/h3-8H,2H2,1H3;2-5H,1H3,(H,12,13,16);2-5,12H,1H3,(H2,11,13). The molecule has 13 nitrogen and oxygen atoms in total. The number of aromatic amines is 1. The van der Waals surface area contributed by atoms with E-state index in [1.165, 1.54) is 20.0 Å². The molecule has 0 aliphatic carbocycles. The van der Waals surface area contributed by atoms with Gasteiger partial charge in [0.15, 0.2) is 23.2 Å². The van der Waals surface area contributed by atoms with Crippen LogP contribution in [0.1, 0.15) is 41.7 Å². The van der Waals surface area contributed by atoms with Crippen LogP contribution in [0.3, 0.4) is 0 Å². The molecule has 16 heteroatoms. The minimum atomic E-state index is -0.465. The van der Waals surface area contributed by atoms with E-state index >= 15 is 0 Å². The first-order chi connectivity index (χ1) is 22.4. The first kappa shape index (κ1) is 36.2. The molecule has 0 amide bonds. The van der Waals surface area contributed by atoms with Crippen molar-refractivity contribution in [2.45, 2.75) is 20.8 Å². The second-order valence-corrected chi connectivity index (χ2v) is 10.6. The molecular weight excluding hydrogens is 671 g/mol. The number of halogens is 3. The third-order valence-corrected chi connectivity index (χ3v) is 6.37. The smallest absolute Gasteiger partial charge is 0.348 e. The Morgan fingerprint density at radius 3 is 2.09 bits per heavy atom. The lowest BCUT2D eigenvalue weighted by Crippen LogP contribution is -2.22. The van der Waals surface area contributed by atoms with Crippen molar-refractivity contribution >= 4 is 63.9 Å². The molecule has 0 saturated carbocycles. The molecule has 4 N–H and O–H groups in total. The summed E-state index contributed by atoms with van der Waals surface area (Å²) in [6.07, 6.45) is 3.09. The van der Waals surface area contributed by atoms with Crippen LogP contribution in [0.4, 0.5) is 5.69 Å². The number of nitrogens with zero attached hydrogens (tertiary/aromatic N) is 5. The van der Waals surface area contributed by atoms with Gasteiger partial charge < -0.3 is 10.5 Å². The highest BCUT2D eigenvalue weighted by atomic mass is 35.5. The molecule has 0 bridgehead atoms. The fraction of sp³-hybridized carbons (Fsp3) is 0.129. The van der Waals surface area contributed by atoms with Crippen molar-refractivity contribution < 1.29 is 19.1 Å². The number of nitrogens with one attached hydrogen (secondary N) is 2. The van der Waals surface area contributed by atoms with Gasteiger partial charge in [0, 0.05) is 35.1 Å². The molecule has 2 aromatic heterocycles. The molecule has 0 aliphatic rings. The Hall–Kier alpha value is -5.24. The number of ketones is 2. The second kappa shape index (κ2) is 17.5. The van der Waals surface area contributed by atoms with Crippen molar-refractivity contribution in [1.82, 2.24) is 24.5 Å². The molecule has 244 valence electrons. The average Bonchev–Trinajstić information content (AvgIpc) is 3.69. The van der Waals surface area contributed by atoms with E-state index in [1.54, 1.807) is 78.5 Å². The number of hydrogen-bond donors (Lipinski definition) is 3. The summed E-state index contributed by atoms with van der Waals surface area (Å²) in [6.45, 7) is 4.79. The van der Waals surface area contributed by atoms with Gasteiger partial charge in [0.25, 0.3) is 0 Å². The first-order valence-electron chi connectivity index (χ1n) is 13.7. The third kappa shape index (κ3) is 11.3. The van der Waals surface area contributed by atoms with Crippen LogP contribution in [0.25, 0.3) is 11.4 Å². The second-order valence-electron chi connectivity index (χ2n) is 9.28. The number of aromatic nitrogens is 5. The maximum absolute atomic E-state index is 11.5. The molecule has 3 aromatic carbocycles. The zero-order valence-corrected chi connectivity index (χ0v) is 27.5. The highest BCUT2D eigenvalue weighted by molar-refractivity contribution is 6.37. The minimum absolute atomic E-state index is 0.0324. The number of amidine groups is 1. The fourth-order valence-electron chi connectivity index (χ4n) is 3.43. The Morgan fingerprint density at radius 1 is 0.936 bits per heavy atom. The van der Waals surface area contributed by atoms with E-state index in [4.69, 9.17) is 45.3 Å². The average molecular weight is 700 g/mol. The van der Waals surface area contributed by atoms with Gasteiger partial charge in [-0.05, 0) is 61.5 Å². The summed E-state index contributed by atoms with van der Waals surface area (Å²) in [5, 5.41) is 13.3. The highest BCUT2D eigenvalue weighted by Gasteiger charge is 2.11. The van der Waals surface area contributed by atoms with Gasteiger partial charge in [0.2, 0.25) is 0 Å². The van der Waals surface area contributed by atoms with E-state index in [9.17, 15) is 19.2 Å². The third-order valence-electron chi connectivity index (χ3n) is 5.66. The highest BCUT2D eigenvalue weighted by Crippen LogP contribution is 2.16. The van der Waals surface area contributed by atoms with Crippen molar-refractivity contribution in [2.75, 3.05) is 12.0 Å². The number of carbonyl (C=O) groups is 3.